The summed E-state index contributed by atoms with van der Waals surface area (Å²) in [4.78, 5) is 25.8. The lowest BCUT2D eigenvalue weighted by Gasteiger charge is -2.41. The molecule has 2 aromatic carbocycles. The third kappa shape index (κ3) is 7.93. The van der Waals surface area contributed by atoms with E-state index in [1.54, 1.807) is 11.6 Å². The third-order valence-electron chi connectivity index (χ3n) is 8.45. The number of rotatable bonds is 11. The molecule has 2 aliphatic carbocycles. The zero-order valence-electron chi connectivity index (χ0n) is 24.6. The summed E-state index contributed by atoms with van der Waals surface area (Å²) in [7, 11) is -1.90. The molecule has 4 atom stereocenters. The molecule has 1 saturated heterocycles. The Morgan fingerprint density at radius 3 is 2.39 bits per heavy atom. The fraction of sp³-hybridized carbons (Fsp3) is 0.406. The number of imidazole rings is 1. The van der Waals surface area contributed by atoms with Crippen molar-refractivity contribution in [3.63, 3.8) is 0 Å². The van der Waals surface area contributed by atoms with Crippen molar-refractivity contribution in [3.8, 4) is 5.75 Å². The number of carbonyl (C=O) groups is 2. The normalized spacial score (nSPS) is 22.5. The van der Waals surface area contributed by atoms with Crippen molar-refractivity contribution in [1.29, 1.82) is 0 Å². The van der Waals surface area contributed by atoms with Gasteiger partial charge < -0.3 is 19.5 Å². The first-order valence-electron chi connectivity index (χ1n) is 14.7. The molecule has 234 valence electrons. The maximum Gasteiger partial charge on any atom is 0.328 e. The van der Waals surface area contributed by atoms with Gasteiger partial charge in [-0.2, -0.15) is 0 Å². The number of hydrogen-bond acceptors (Lipinski definition) is 7. The van der Waals surface area contributed by atoms with Crippen LogP contribution in [0.4, 0.5) is 0 Å². The molecule has 2 heterocycles. The number of carboxylic acid groups (broad SMARTS) is 2. The van der Waals surface area contributed by atoms with Crippen LogP contribution in [0.25, 0.3) is 0 Å². The first kappa shape index (κ1) is 31.4. The van der Waals surface area contributed by atoms with E-state index >= 15 is 0 Å². The number of nitrogens with zero attached hydrogens (tertiary/aromatic N) is 3. The Bertz CT molecular complexity index is 1580. The summed E-state index contributed by atoms with van der Waals surface area (Å²) in [6.45, 7) is 2.91. The Morgan fingerprint density at radius 1 is 1.05 bits per heavy atom. The van der Waals surface area contributed by atoms with E-state index in [1.807, 2.05) is 6.07 Å². The summed E-state index contributed by atoms with van der Waals surface area (Å²) in [6.07, 6.45) is 8.72. The first-order valence-corrected chi connectivity index (χ1v) is 16.2. The summed E-state index contributed by atoms with van der Waals surface area (Å²) in [6, 6.07) is 17.6. The van der Waals surface area contributed by atoms with Gasteiger partial charge in [0, 0.05) is 62.6 Å². The van der Waals surface area contributed by atoms with E-state index in [4.69, 9.17) is 14.9 Å². The zero-order chi connectivity index (χ0) is 31.3. The minimum Gasteiger partial charge on any atom is -0.492 e. The maximum atomic E-state index is 12.5. The van der Waals surface area contributed by atoms with Crippen molar-refractivity contribution < 1.29 is 33.0 Å². The lowest BCUT2D eigenvalue weighted by molar-refractivity contribution is -0.134. The van der Waals surface area contributed by atoms with E-state index in [0.717, 1.165) is 30.4 Å². The molecule has 3 aromatic rings. The molecule has 3 aliphatic rings. The predicted octanol–water partition coefficient (Wildman–Crippen LogP) is 3.08. The molecule has 0 spiro atoms. The van der Waals surface area contributed by atoms with Crippen LogP contribution in [0.5, 0.6) is 5.75 Å². The number of benzene rings is 2. The first-order chi connectivity index (χ1) is 21.1. The van der Waals surface area contributed by atoms with E-state index in [9.17, 15) is 18.0 Å². The Balaban J connectivity index is 0.000000426. The van der Waals surface area contributed by atoms with Crippen LogP contribution in [0.1, 0.15) is 35.4 Å². The number of aromatic nitrogens is 2. The number of ether oxygens (including phenoxy) is 1. The van der Waals surface area contributed by atoms with Crippen molar-refractivity contribution in [2.45, 2.75) is 42.7 Å². The summed E-state index contributed by atoms with van der Waals surface area (Å²) in [5.74, 6) is 0.541. The number of carboxylic acids is 2. The van der Waals surface area contributed by atoms with Crippen LogP contribution in [0.15, 0.2) is 78.2 Å². The van der Waals surface area contributed by atoms with Crippen molar-refractivity contribution >= 4 is 22.0 Å². The van der Waals surface area contributed by atoms with E-state index in [-0.39, 0.29) is 18.2 Å². The molecule has 3 N–H and O–H groups in total. The average molecular weight is 623 g/mol. The highest BCUT2D eigenvalue weighted by molar-refractivity contribution is 7.89. The number of aliphatic carboxylic acids is 2. The fourth-order valence-corrected chi connectivity index (χ4v) is 7.37. The Hall–Kier alpha value is -4.00. The molecule has 0 amide bonds. The van der Waals surface area contributed by atoms with Crippen LogP contribution in [0.2, 0.25) is 0 Å². The highest BCUT2D eigenvalue weighted by Crippen LogP contribution is 2.49. The second-order valence-corrected chi connectivity index (χ2v) is 13.3. The van der Waals surface area contributed by atoms with Gasteiger partial charge in [-0.1, -0.05) is 42.5 Å². The largest absolute Gasteiger partial charge is 0.492 e. The molecule has 1 saturated carbocycles. The smallest absolute Gasteiger partial charge is 0.328 e. The number of likely N-dealkylation sites (tertiary alicyclic amines) is 1. The molecule has 4 unspecified atom stereocenters. The number of hydrogen-bond donors (Lipinski definition) is 3. The van der Waals surface area contributed by atoms with Crippen LogP contribution >= 0.6 is 0 Å². The molecule has 12 heteroatoms. The van der Waals surface area contributed by atoms with Gasteiger partial charge in [-0.25, -0.2) is 27.7 Å². The summed E-state index contributed by atoms with van der Waals surface area (Å²) >= 11 is 0. The van der Waals surface area contributed by atoms with Crippen LogP contribution in [0, 0.1) is 11.8 Å². The molecule has 1 aromatic heterocycles. The number of sulfonamides is 1. The standard InChI is InChI=1S/C28H34N4O3S.C4H4O4/c1-31-18-27(29-19-31)36(33,34)30-12-13-35-26-9-5-8-21-10-11-25(32-16-22-15-23(22)17-32)24(28(21)26)14-20-6-3-2-4-7-20;5-3(6)1-2-4(7)8/h2-9,18-19,22-25,30H,10-17H2,1H3;1-2H,(H,5,6)(H,7,8). The predicted molar refractivity (Wildman–Crippen MR) is 163 cm³/mol. The molecule has 44 heavy (non-hydrogen) atoms. The molecule has 1 aliphatic heterocycles. The van der Waals surface area contributed by atoms with Crippen molar-refractivity contribution in [3.05, 3.63) is 89.9 Å². The average Bonchev–Trinajstić information content (AvgIpc) is 3.35. The van der Waals surface area contributed by atoms with Gasteiger partial charge in [-0.3, -0.25) is 4.90 Å². The number of piperidine rings is 1. The second kappa shape index (κ2) is 13.7. The monoisotopic (exact) mass is 622 g/mol. The van der Waals surface area contributed by atoms with Crippen LogP contribution in [-0.4, -0.2) is 77.3 Å². The number of nitrogens with one attached hydrogen (secondary N) is 1. The van der Waals surface area contributed by atoms with Crippen LogP contribution < -0.4 is 9.46 Å². The lowest BCUT2D eigenvalue weighted by atomic mass is 9.75. The molecule has 0 radical (unpaired) electrons. The van der Waals surface area contributed by atoms with Gasteiger partial charge in [0.2, 0.25) is 0 Å². The van der Waals surface area contributed by atoms with E-state index in [1.165, 1.54) is 55.1 Å². The summed E-state index contributed by atoms with van der Waals surface area (Å²) in [5.41, 5.74) is 4.02. The Kier molecular flexibility index (Phi) is 9.82. The molecule has 11 nitrogen and oxygen atoms in total. The molecular weight excluding hydrogens is 584 g/mol. The zero-order valence-corrected chi connectivity index (χ0v) is 25.4. The van der Waals surface area contributed by atoms with E-state index < -0.39 is 22.0 Å². The highest BCUT2D eigenvalue weighted by Gasteiger charge is 2.49. The lowest BCUT2D eigenvalue weighted by Crippen LogP contribution is -2.43. The van der Waals surface area contributed by atoms with Gasteiger partial charge in [-0.05, 0) is 54.7 Å². The van der Waals surface area contributed by atoms with Crippen LogP contribution in [-0.2, 0) is 39.5 Å². The second-order valence-electron chi connectivity index (χ2n) is 11.6. The van der Waals surface area contributed by atoms with Gasteiger partial charge in [0.1, 0.15) is 12.4 Å². The topological polar surface area (TPSA) is 151 Å². The Labute approximate surface area is 257 Å². The minimum absolute atomic E-state index is 0.0246. The quantitative estimate of drug-likeness (QED) is 0.217. The van der Waals surface area contributed by atoms with Crippen molar-refractivity contribution in [1.82, 2.24) is 19.2 Å². The van der Waals surface area contributed by atoms with Crippen molar-refractivity contribution in [2.75, 3.05) is 26.2 Å². The van der Waals surface area contributed by atoms with Gasteiger partial charge in [0.05, 0.1) is 6.33 Å². The summed E-state index contributed by atoms with van der Waals surface area (Å²) in [5, 5.41) is 15.6. The van der Waals surface area contributed by atoms with Gasteiger partial charge in [-0.15, -0.1) is 0 Å². The number of fused-ring (bicyclic) bond motifs is 2. The SMILES string of the molecule is Cn1cnc(S(=O)(=O)NCCOc2cccc3c2C(Cc2ccccc2)C(N2CC4CC4C2)CC3)c1.O=C(O)C=CC(=O)O. The van der Waals surface area contributed by atoms with Gasteiger partial charge >= 0.3 is 11.9 Å². The van der Waals surface area contributed by atoms with Crippen LogP contribution in [0.3, 0.4) is 0 Å². The fourth-order valence-electron chi connectivity index (χ4n) is 6.38. The van der Waals surface area contributed by atoms with Crippen molar-refractivity contribution in [2.24, 2.45) is 18.9 Å². The molecule has 6 rings (SSSR count). The minimum atomic E-state index is -3.65. The third-order valence-corrected chi connectivity index (χ3v) is 9.80. The molecular formula is C32H38N4O7S. The molecule has 0 bridgehead atoms. The highest BCUT2D eigenvalue weighted by atomic mass is 32.2. The Morgan fingerprint density at radius 2 is 1.75 bits per heavy atom. The van der Waals surface area contributed by atoms with Gasteiger partial charge in [0.15, 0.2) is 5.03 Å². The summed E-state index contributed by atoms with van der Waals surface area (Å²) < 4.78 is 35.5. The molecule has 2 fully saturated rings. The maximum absolute atomic E-state index is 12.5. The number of aryl methyl sites for hydroxylation is 2. The van der Waals surface area contributed by atoms with E-state index in [2.05, 4.69) is 57.1 Å². The van der Waals surface area contributed by atoms with Gasteiger partial charge in [0.25, 0.3) is 10.0 Å². The van der Waals surface area contributed by atoms with E-state index in [0.29, 0.717) is 24.1 Å².